The molecule has 0 saturated carbocycles. The van der Waals surface area contributed by atoms with Crippen LogP contribution in [0.3, 0.4) is 0 Å². The Balaban J connectivity index is 1.81. The zero-order valence-electron chi connectivity index (χ0n) is 15.9. The first-order chi connectivity index (χ1) is 13.4. The van der Waals surface area contributed by atoms with Gasteiger partial charge in [-0.3, -0.25) is 9.10 Å². The number of benzene rings is 2. The maximum absolute atomic E-state index is 12.7. The Morgan fingerprint density at radius 3 is 2.50 bits per heavy atom. The summed E-state index contributed by atoms with van der Waals surface area (Å²) in [7, 11) is -3.66. The quantitative estimate of drug-likeness (QED) is 0.731. The van der Waals surface area contributed by atoms with Crippen molar-refractivity contribution in [2.75, 3.05) is 23.4 Å². The number of ether oxygens (including phenoxy) is 2. The first-order valence-electron chi connectivity index (χ1n) is 9.19. The van der Waals surface area contributed by atoms with E-state index in [0.29, 0.717) is 23.6 Å². The molecule has 2 aromatic rings. The molecular weight excluding hydrogens is 380 g/mol. The van der Waals surface area contributed by atoms with E-state index < -0.39 is 10.0 Å². The molecule has 1 heterocycles. The van der Waals surface area contributed by atoms with Gasteiger partial charge < -0.3 is 14.8 Å². The number of sulfonamides is 1. The summed E-state index contributed by atoms with van der Waals surface area (Å²) in [5.74, 6) is 0.525. The van der Waals surface area contributed by atoms with Crippen molar-refractivity contribution in [1.29, 1.82) is 0 Å². The predicted octanol–water partition coefficient (Wildman–Crippen LogP) is 2.84. The van der Waals surface area contributed by atoms with Crippen molar-refractivity contribution in [3.63, 3.8) is 0 Å². The van der Waals surface area contributed by atoms with Gasteiger partial charge in [-0.25, -0.2) is 8.42 Å². The summed E-state index contributed by atoms with van der Waals surface area (Å²) in [5.41, 5.74) is 1.35. The molecule has 8 heteroatoms. The molecule has 1 N–H and O–H groups in total. The van der Waals surface area contributed by atoms with E-state index in [2.05, 4.69) is 5.32 Å². The highest BCUT2D eigenvalue weighted by Gasteiger charge is 2.26. The molecule has 0 fully saturated rings. The molecule has 0 unspecified atom stereocenters. The second-order valence-corrected chi connectivity index (χ2v) is 8.57. The molecule has 0 spiro atoms. The van der Waals surface area contributed by atoms with E-state index >= 15 is 0 Å². The van der Waals surface area contributed by atoms with Crippen LogP contribution in [0.1, 0.15) is 31.9 Å². The Bertz CT molecular complexity index is 931. The van der Waals surface area contributed by atoms with Crippen molar-refractivity contribution in [2.24, 2.45) is 0 Å². The first kappa shape index (κ1) is 20.0. The Labute approximate surface area is 165 Å². The molecule has 150 valence electrons. The fourth-order valence-electron chi connectivity index (χ4n) is 3.02. The second kappa shape index (κ2) is 8.52. The van der Waals surface area contributed by atoms with Gasteiger partial charge in [0, 0.05) is 6.07 Å². The van der Waals surface area contributed by atoms with Gasteiger partial charge in [0.25, 0.3) is 0 Å². The fourth-order valence-corrected chi connectivity index (χ4v) is 4.08. The van der Waals surface area contributed by atoms with Crippen molar-refractivity contribution in [3.05, 3.63) is 54.1 Å². The normalized spacial score (nSPS) is 13.8. The van der Waals surface area contributed by atoms with E-state index in [1.807, 2.05) is 37.3 Å². The van der Waals surface area contributed by atoms with Crippen molar-refractivity contribution in [2.45, 2.75) is 26.3 Å². The monoisotopic (exact) mass is 404 g/mol. The Hall–Kier alpha value is -2.74. The Kier molecular flexibility index (Phi) is 6.08. The number of hydrogen-bond donors (Lipinski definition) is 1. The van der Waals surface area contributed by atoms with Gasteiger partial charge in [-0.05, 0) is 31.0 Å². The molecular formula is C20H24N2O5S. The lowest BCUT2D eigenvalue weighted by molar-refractivity contribution is -0.120. The van der Waals surface area contributed by atoms with Gasteiger partial charge in [-0.15, -0.1) is 0 Å². The fraction of sp³-hybridized carbons (Fsp3) is 0.350. The average molecular weight is 404 g/mol. The number of anilines is 1. The summed E-state index contributed by atoms with van der Waals surface area (Å²) in [6.45, 7) is 3.30. The summed E-state index contributed by atoms with van der Waals surface area (Å²) in [6, 6.07) is 14.3. The summed E-state index contributed by atoms with van der Waals surface area (Å²) < 4.78 is 37.0. The maximum Gasteiger partial charge on any atom is 0.241 e. The number of fused-ring (bicyclic) bond motifs is 1. The van der Waals surface area contributed by atoms with Crippen LogP contribution < -0.4 is 19.1 Å². The molecule has 28 heavy (non-hydrogen) atoms. The van der Waals surface area contributed by atoms with Crippen LogP contribution in [0.15, 0.2) is 48.5 Å². The van der Waals surface area contributed by atoms with Gasteiger partial charge in [0.1, 0.15) is 6.54 Å². The number of amides is 1. The maximum atomic E-state index is 12.7. The van der Waals surface area contributed by atoms with Crippen LogP contribution in [0.2, 0.25) is 0 Å². The summed E-state index contributed by atoms with van der Waals surface area (Å²) >= 11 is 0. The number of rotatable bonds is 8. The highest BCUT2D eigenvalue weighted by Crippen LogP contribution is 2.36. The summed E-state index contributed by atoms with van der Waals surface area (Å²) in [6.07, 6.45) is 0.695. The predicted molar refractivity (Wildman–Crippen MR) is 107 cm³/mol. The van der Waals surface area contributed by atoms with Crippen LogP contribution in [0.5, 0.6) is 11.5 Å². The smallest absolute Gasteiger partial charge is 0.241 e. The Morgan fingerprint density at radius 2 is 1.82 bits per heavy atom. The highest BCUT2D eigenvalue weighted by atomic mass is 32.2. The first-order valence-corrected chi connectivity index (χ1v) is 10.8. The SMILES string of the molecule is CC[C@@H](NC(=O)CN(c1ccc2c(c1)OCO2)S(=O)(=O)CC)c1ccccc1. The van der Waals surface area contributed by atoms with Crippen molar-refractivity contribution in [1.82, 2.24) is 5.32 Å². The number of nitrogens with zero attached hydrogens (tertiary/aromatic N) is 1. The zero-order valence-corrected chi connectivity index (χ0v) is 16.7. The minimum atomic E-state index is -3.66. The summed E-state index contributed by atoms with van der Waals surface area (Å²) in [5, 5.41) is 2.93. The van der Waals surface area contributed by atoms with E-state index in [1.54, 1.807) is 25.1 Å². The minimum absolute atomic E-state index is 0.0923. The van der Waals surface area contributed by atoms with Crippen LogP contribution in [0.4, 0.5) is 5.69 Å². The second-order valence-electron chi connectivity index (χ2n) is 6.38. The van der Waals surface area contributed by atoms with Crippen molar-refractivity contribution < 1.29 is 22.7 Å². The van der Waals surface area contributed by atoms with Gasteiger partial charge in [0.2, 0.25) is 22.7 Å². The van der Waals surface area contributed by atoms with E-state index in [-0.39, 0.29) is 31.0 Å². The average Bonchev–Trinajstić information content (AvgIpc) is 3.18. The molecule has 1 amide bonds. The third kappa shape index (κ3) is 4.39. The molecule has 0 aromatic heterocycles. The van der Waals surface area contributed by atoms with Crippen LogP contribution in [0, 0.1) is 0 Å². The van der Waals surface area contributed by atoms with Gasteiger partial charge in [0.15, 0.2) is 11.5 Å². The third-order valence-corrected chi connectivity index (χ3v) is 6.32. The highest BCUT2D eigenvalue weighted by molar-refractivity contribution is 7.92. The van der Waals surface area contributed by atoms with Gasteiger partial charge in [-0.1, -0.05) is 37.3 Å². The molecule has 0 radical (unpaired) electrons. The lowest BCUT2D eigenvalue weighted by atomic mass is 10.0. The van der Waals surface area contributed by atoms with E-state index in [1.165, 1.54) is 0 Å². The molecule has 0 bridgehead atoms. The molecule has 1 aliphatic heterocycles. The summed E-state index contributed by atoms with van der Waals surface area (Å²) in [4.78, 5) is 12.7. The molecule has 7 nitrogen and oxygen atoms in total. The Morgan fingerprint density at radius 1 is 1.11 bits per heavy atom. The molecule has 3 rings (SSSR count). The molecule has 0 aliphatic carbocycles. The molecule has 1 aliphatic rings. The molecule has 1 atom stereocenters. The molecule has 2 aromatic carbocycles. The van der Waals surface area contributed by atoms with E-state index in [0.717, 1.165) is 9.87 Å². The van der Waals surface area contributed by atoms with Crippen molar-refractivity contribution in [3.8, 4) is 11.5 Å². The number of carbonyl (C=O) groups excluding carboxylic acids is 1. The lowest BCUT2D eigenvalue weighted by Gasteiger charge is -2.25. The number of carbonyl (C=O) groups is 1. The largest absolute Gasteiger partial charge is 0.454 e. The lowest BCUT2D eigenvalue weighted by Crippen LogP contribution is -2.42. The topological polar surface area (TPSA) is 84.9 Å². The minimum Gasteiger partial charge on any atom is -0.454 e. The van der Waals surface area contributed by atoms with Crippen molar-refractivity contribution >= 4 is 21.6 Å². The van der Waals surface area contributed by atoms with Crippen LogP contribution in [-0.2, 0) is 14.8 Å². The zero-order chi connectivity index (χ0) is 20.1. The van der Waals surface area contributed by atoms with Crippen LogP contribution in [0.25, 0.3) is 0 Å². The standard InChI is InChI=1S/C20H24N2O5S/c1-3-17(15-8-6-5-7-9-15)21-20(23)13-22(28(24,25)4-2)16-10-11-18-19(12-16)27-14-26-18/h5-12,17H,3-4,13-14H2,1-2H3,(H,21,23)/t17-/m1/s1. The number of nitrogens with one attached hydrogen (secondary N) is 1. The van der Waals surface area contributed by atoms with Gasteiger partial charge in [0.05, 0.1) is 17.5 Å². The van der Waals surface area contributed by atoms with Gasteiger partial charge >= 0.3 is 0 Å². The molecule has 0 saturated heterocycles. The van der Waals surface area contributed by atoms with E-state index in [9.17, 15) is 13.2 Å². The van der Waals surface area contributed by atoms with E-state index in [4.69, 9.17) is 9.47 Å². The third-order valence-electron chi connectivity index (χ3n) is 4.58. The van der Waals surface area contributed by atoms with Crippen LogP contribution in [-0.4, -0.2) is 33.4 Å². The van der Waals surface area contributed by atoms with Crippen LogP contribution >= 0.6 is 0 Å². The number of hydrogen-bond acceptors (Lipinski definition) is 5. The van der Waals surface area contributed by atoms with Gasteiger partial charge in [-0.2, -0.15) is 0 Å².